The largest absolute Gasteiger partial charge is 0.388 e. The van der Waals surface area contributed by atoms with Crippen molar-refractivity contribution in [2.75, 3.05) is 19.4 Å². The summed E-state index contributed by atoms with van der Waals surface area (Å²) < 4.78 is 0. The van der Waals surface area contributed by atoms with Gasteiger partial charge >= 0.3 is 0 Å². The predicted molar refractivity (Wildman–Crippen MR) is 58.1 cm³/mol. The second-order valence-corrected chi connectivity index (χ2v) is 3.33. The number of nitrogens with one attached hydrogen (secondary N) is 1. The maximum absolute atomic E-state index is 11.0. The monoisotopic (exact) mass is 192 g/mol. The fraction of sp³-hybridized carbons (Fsp3) is 0.364. The molecule has 0 fully saturated rings. The number of hydrogen-bond acceptors (Lipinski definition) is 2. The van der Waals surface area contributed by atoms with Gasteiger partial charge in [-0.05, 0) is 17.7 Å². The van der Waals surface area contributed by atoms with E-state index < -0.39 is 0 Å². The molecule has 76 valence electrons. The maximum Gasteiger partial charge on any atom is 0.219 e. The van der Waals surface area contributed by atoms with E-state index in [9.17, 15) is 4.79 Å². The second kappa shape index (κ2) is 4.65. The Morgan fingerprint density at radius 2 is 2.21 bits per heavy atom. The topological polar surface area (TPSA) is 32.3 Å². The Morgan fingerprint density at radius 1 is 1.50 bits per heavy atom. The maximum atomic E-state index is 11.0. The van der Waals surface area contributed by atoms with E-state index >= 15 is 0 Å². The molecule has 3 nitrogen and oxygen atoms in total. The first-order valence-corrected chi connectivity index (χ1v) is 4.62. The van der Waals surface area contributed by atoms with Gasteiger partial charge in [-0.25, -0.2) is 0 Å². The number of amides is 1. The quantitative estimate of drug-likeness (QED) is 0.790. The Hall–Kier alpha value is -1.51. The number of carbonyl (C=O) groups is 1. The molecule has 0 heterocycles. The molecule has 1 N–H and O–H groups in total. The van der Waals surface area contributed by atoms with E-state index in [-0.39, 0.29) is 5.91 Å². The third-order valence-electron chi connectivity index (χ3n) is 2.17. The van der Waals surface area contributed by atoms with Gasteiger partial charge in [0.2, 0.25) is 5.91 Å². The Bertz CT molecular complexity index is 323. The molecule has 0 bridgehead atoms. The Morgan fingerprint density at radius 3 is 2.79 bits per heavy atom. The normalized spacial score (nSPS) is 9.64. The van der Waals surface area contributed by atoms with Crippen LogP contribution in [0.1, 0.15) is 12.5 Å². The van der Waals surface area contributed by atoms with Crippen LogP contribution in [0, 0.1) is 0 Å². The summed E-state index contributed by atoms with van der Waals surface area (Å²) in [7, 11) is 3.68. The average Bonchev–Trinajstić information content (AvgIpc) is 2.18. The molecule has 0 spiro atoms. The lowest BCUT2D eigenvalue weighted by Gasteiger charge is -2.15. The minimum absolute atomic E-state index is 0.0832. The molecule has 14 heavy (non-hydrogen) atoms. The predicted octanol–water partition coefficient (Wildman–Crippen LogP) is 1.71. The highest BCUT2D eigenvalue weighted by Gasteiger charge is 2.02. The van der Waals surface area contributed by atoms with Gasteiger partial charge in [-0.1, -0.05) is 12.1 Å². The van der Waals surface area contributed by atoms with Gasteiger partial charge in [-0.2, -0.15) is 0 Å². The lowest BCUT2D eigenvalue weighted by Crippen LogP contribution is -2.22. The number of rotatable bonds is 3. The molecule has 0 aliphatic rings. The molecule has 3 heteroatoms. The fourth-order valence-electron chi connectivity index (χ4n) is 1.21. The lowest BCUT2D eigenvalue weighted by molar-refractivity contribution is -0.128. The van der Waals surface area contributed by atoms with Gasteiger partial charge in [0.15, 0.2) is 0 Å². The first-order chi connectivity index (χ1) is 6.63. The summed E-state index contributed by atoms with van der Waals surface area (Å²) in [6.07, 6.45) is 0. The average molecular weight is 192 g/mol. The molecular formula is C11H16N2O. The van der Waals surface area contributed by atoms with E-state index in [1.54, 1.807) is 18.9 Å². The van der Waals surface area contributed by atoms with Crippen LogP contribution in [-0.2, 0) is 11.3 Å². The first kappa shape index (κ1) is 10.6. The highest BCUT2D eigenvalue weighted by molar-refractivity contribution is 5.72. The minimum atomic E-state index is 0.0832. The number of nitrogens with zero attached hydrogens (tertiary/aromatic N) is 1. The molecule has 1 amide bonds. The summed E-state index contributed by atoms with van der Waals surface area (Å²) in [6.45, 7) is 2.23. The van der Waals surface area contributed by atoms with Crippen LogP contribution in [0.4, 0.5) is 5.69 Å². The molecule has 1 aromatic carbocycles. The van der Waals surface area contributed by atoms with Crippen LogP contribution in [0.25, 0.3) is 0 Å². The summed E-state index contributed by atoms with van der Waals surface area (Å²) >= 11 is 0. The van der Waals surface area contributed by atoms with Crippen molar-refractivity contribution in [2.24, 2.45) is 0 Å². The zero-order chi connectivity index (χ0) is 10.6. The van der Waals surface area contributed by atoms with E-state index in [1.165, 1.54) is 0 Å². The molecule has 0 aliphatic heterocycles. The second-order valence-electron chi connectivity index (χ2n) is 3.33. The molecule has 0 atom stereocenters. The van der Waals surface area contributed by atoms with E-state index in [2.05, 4.69) is 5.32 Å². The number of hydrogen-bond donors (Lipinski definition) is 1. The summed E-state index contributed by atoms with van der Waals surface area (Å²) in [4.78, 5) is 12.7. The standard InChI is InChI=1S/C11H16N2O/c1-9(14)13(3)8-10-5-4-6-11(7-10)12-2/h4-7,12H,8H2,1-3H3. The van der Waals surface area contributed by atoms with Crippen molar-refractivity contribution in [3.63, 3.8) is 0 Å². The minimum Gasteiger partial charge on any atom is -0.388 e. The van der Waals surface area contributed by atoms with Crippen LogP contribution < -0.4 is 5.32 Å². The van der Waals surface area contributed by atoms with Gasteiger partial charge in [-0.3, -0.25) is 4.79 Å². The first-order valence-electron chi connectivity index (χ1n) is 4.62. The van der Waals surface area contributed by atoms with E-state index in [0.29, 0.717) is 6.54 Å². The summed E-state index contributed by atoms with van der Waals surface area (Å²) in [5.74, 6) is 0.0832. The van der Waals surface area contributed by atoms with Crippen LogP contribution in [0.15, 0.2) is 24.3 Å². The number of carbonyl (C=O) groups excluding carboxylic acids is 1. The lowest BCUT2D eigenvalue weighted by atomic mass is 10.2. The Balaban J connectivity index is 2.71. The van der Waals surface area contributed by atoms with Crippen molar-refractivity contribution in [1.82, 2.24) is 4.90 Å². The van der Waals surface area contributed by atoms with Gasteiger partial charge in [0.1, 0.15) is 0 Å². The van der Waals surface area contributed by atoms with Gasteiger partial charge in [-0.15, -0.1) is 0 Å². The van der Waals surface area contributed by atoms with Crippen LogP contribution in [0.5, 0.6) is 0 Å². The van der Waals surface area contributed by atoms with E-state index in [0.717, 1.165) is 11.3 Å². The molecule has 0 unspecified atom stereocenters. The highest BCUT2D eigenvalue weighted by Crippen LogP contribution is 2.11. The summed E-state index contributed by atoms with van der Waals surface area (Å²) in [5, 5.41) is 3.07. The third kappa shape index (κ3) is 2.76. The van der Waals surface area contributed by atoms with Crippen molar-refractivity contribution in [3.05, 3.63) is 29.8 Å². The van der Waals surface area contributed by atoms with Crippen LogP contribution in [0.3, 0.4) is 0 Å². The Labute approximate surface area is 84.7 Å². The molecular weight excluding hydrogens is 176 g/mol. The molecule has 0 radical (unpaired) electrons. The molecule has 1 rings (SSSR count). The van der Waals surface area contributed by atoms with Crippen molar-refractivity contribution < 1.29 is 4.79 Å². The molecule has 0 aromatic heterocycles. The van der Waals surface area contributed by atoms with Crippen molar-refractivity contribution in [1.29, 1.82) is 0 Å². The molecule has 0 saturated carbocycles. The number of anilines is 1. The highest BCUT2D eigenvalue weighted by atomic mass is 16.2. The van der Waals surface area contributed by atoms with Crippen molar-refractivity contribution in [3.8, 4) is 0 Å². The summed E-state index contributed by atoms with van der Waals surface area (Å²) in [5.41, 5.74) is 2.20. The zero-order valence-corrected chi connectivity index (χ0v) is 8.87. The van der Waals surface area contributed by atoms with Gasteiger partial charge < -0.3 is 10.2 Å². The fourth-order valence-corrected chi connectivity index (χ4v) is 1.21. The third-order valence-corrected chi connectivity index (χ3v) is 2.17. The van der Waals surface area contributed by atoms with E-state index in [1.807, 2.05) is 31.3 Å². The van der Waals surface area contributed by atoms with Crippen LogP contribution in [0.2, 0.25) is 0 Å². The van der Waals surface area contributed by atoms with Crippen LogP contribution >= 0.6 is 0 Å². The van der Waals surface area contributed by atoms with Gasteiger partial charge in [0, 0.05) is 33.3 Å². The molecule has 1 aromatic rings. The summed E-state index contributed by atoms with van der Waals surface area (Å²) in [6, 6.07) is 8.03. The van der Waals surface area contributed by atoms with Gasteiger partial charge in [0.25, 0.3) is 0 Å². The van der Waals surface area contributed by atoms with Crippen molar-refractivity contribution in [2.45, 2.75) is 13.5 Å². The van der Waals surface area contributed by atoms with Crippen molar-refractivity contribution >= 4 is 11.6 Å². The smallest absolute Gasteiger partial charge is 0.219 e. The van der Waals surface area contributed by atoms with E-state index in [4.69, 9.17) is 0 Å². The van der Waals surface area contributed by atoms with Gasteiger partial charge in [0.05, 0.1) is 0 Å². The van der Waals surface area contributed by atoms with Crippen LogP contribution in [-0.4, -0.2) is 24.9 Å². The SMILES string of the molecule is CNc1cccc(CN(C)C(C)=O)c1. The molecule has 0 saturated heterocycles. The zero-order valence-electron chi connectivity index (χ0n) is 8.87. The molecule has 0 aliphatic carbocycles. The number of benzene rings is 1. The Kier molecular flexibility index (Phi) is 3.51.